The molecule has 1 aromatic rings. The molecule has 5 nitrogen and oxygen atoms in total. The molecule has 1 aliphatic heterocycles. The summed E-state index contributed by atoms with van der Waals surface area (Å²) < 4.78 is 1.66. The molecule has 1 saturated heterocycles. The van der Waals surface area contributed by atoms with Crippen LogP contribution < -0.4 is 5.73 Å². The number of nitrogens with two attached hydrogens (primary N) is 1. The average Bonchev–Trinajstić information content (AvgIpc) is 2.80. The van der Waals surface area contributed by atoms with Gasteiger partial charge in [0.15, 0.2) is 0 Å². The Hall–Kier alpha value is -1.52. The normalized spacial score (nSPS) is 25.7. The summed E-state index contributed by atoms with van der Waals surface area (Å²) in [5, 5.41) is 4.37. The van der Waals surface area contributed by atoms with Crippen LogP contribution in [0.4, 0.5) is 5.69 Å². The molecule has 1 aliphatic carbocycles. The molecule has 2 aliphatic rings. The highest BCUT2D eigenvalue weighted by Crippen LogP contribution is 2.36. The van der Waals surface area contributed by atoms with Crippen LogP contribution in [0.25, 0.3) is 0 Å². The molecule has 2 heterocycles. The maximum absolute atomic E-state index is 12.8. The van der Waals surface area contributed by atoms with E-state index >= 15 is 0 Å². The largest absolute Gasteiger partial charge is 0.395 e. The van der Waals surface area contributed by atoms with Crippen molar-refractivity contribution in [2.45, 2.75) is 45.4 Å². The van der Waals surface area contributed by atoms with E-state index in [0.717, 1.165) is 37.5 Å². The number of nitrogens with zero attached hydrogens (tertiary/aromatic N) is 3. The van der Waals surface area contributed by atoms with E-state index in [4.69, 9.17) is 5.73 Å². The molecular weight excluding hydrogens is 264 g/mol. The Labute approximate surface area is 126 Å². The Morgan fingerprint density at radius 3 is 2.67 bits per heavy atom. The lowest BCUT2D eigenvalue weighted by Gasteiger charge is -2.41. The van der Waals surface area contributed by atoms with Gasteiger partial charge in [-0.2, -0.15) is 5.10 Å². The topological polar surface area (TPSA) is 64.2 Å². The fraction of sp³-hybridized carbons (Fsp3) is 0.750. The van der Waals surface area contributed by atoms with E-state index < -0.39 is 0 Å². The highest BCUT2D eigenvalue weighted by molar-refractivity contribution is 5.98. The Morgan fingerprint density at radius 2 is 2.00 bits per heavy atom. The van der Waals surface area contributed by atoms with Gasteiger partial charge < -0.3 is 10.6 Å². The standard InChI is InChI=1S/C16H26N4O/c1-3-13-14(17)15(19(2)18-13)16(21)20-9-8-11-6-4-5-7-12(11)10-20/h11-12H,3-10,17H2,1-2H3. The zero-order valence-electron chi connectivity index (χ0n) is 13.1. The van der Waals surface area contributed by atoms with Crippen LogP contribution in [0.15, 0.2) is 0 Å². The van der Waals surface area contributed by atoms with Crippen molar-refractivity contribution in [2.75, 3.05) is 18.8 Å². The van der Waals surface area contributed by atoms with Crippen molar-refractivity contribution in [1.29, 1.82) is 0 Å². The first-order valence-corrected chi connectivity index (χ1v) is 8.22. The van der Waals surface area contributed by atoms with Crippen LogP contribution in [0.1, 0.15) is 55.2 Å². The van der Waals surface area contributed by atoms with E-state index in [1.54, 1.807) is 4.68 Å². The van der Waals surface area contributed by atoms with Gasteiger partial charge in [0.1, 0.15) is 5.69 Å². The van der Waals surface area contributed by atoms with Gasteiger partial charge in [0.05, 0.1) is 11.4 Å². The lowest BCUT2D eigenvalue weighted by Crippen LogP contribution is -2.45. The number of carbonyl (C=O) groups excluding carboxylic acids is 1. The highest BCUT2D eigenvalue weighted by Gasteiger charge is 2.34. The lowest BCUT2D eigenvalue weighted by molar-refractivity contribution is 0.0512. The number of hydrogen-bond donors (Lipinski definition) is 1. The van der Waals surface area contributed by atoms with Crippen LogP contribution in [-0.4, -0.2) is 33.7 Å². The zero-order valence-corrected chi connectivity index (χ0v) is 13.1. The predicted molar refractivity (Wildman–Crippen MR) is 83.0 cm³/mol. The van der Waals surface area contributed by atoms with Crippen molar-refractivity contribution >= 4 is 11.6 Å². The van der Waals surface area contributed by atoms with Crippen LogP contribution in [0.5, 0.6) is 0 Å². The maximum atomic E-state index is 12.8. The van der Waals surface area contributed by atoms with Gasteiger partial charge in [-0.05, 0) is 31.1 Å². The Kier molecular flexibility index (Phi) is 3.91. The highest BCUT2D eigenvalue weighted by atomic mass is 16.2. The minimum atomic E-state index is 0.0613. The number of fused-ring (bicyclic) bond motifs is 1. The molecule has 21 heavy (non-hydrogen) atoms. The smallest absolute Gasteiger partial charge is 0.274 e. The van der Waals surface area contributed by atoms with Crippen molar-refractivity contribution in [2.24, 2.45) is 18.9 Å². The molecule has 2 atom stereocenters. The van der Waals surface area contributed by atoms with Crippen molar-refractivity contribution in [3.63, 3.8) is 0 Å². The van der Waals surface area contributed by atoms with Gasteiger partial charge in [0.2, 0.25) is 0 Å². The number of piperidine rings is 1. The van der Waals surface area contributed by atoms with E-state index in [0.29, 0.717) is 17.3 Å². The van der Waals surface area contributed by atoms with Crippen molar-refractivity contribution < 1.29 is 4.79 Å². The van der Waals surface area contributed by atoms with Gasteiger partial charge in [0, 0.05) is 20.1 Å². The van der Waals surface area contributed by atoms with Crippen LogP contribution >= 0.6 is 0 Å². The monoisotopic (exact) mass is 290 g/mol. The molecule has 116 valence electrons. The fourth-order valence-electron chi connectivity index (χ4n) is 4.05. The third-order valence-corrected chi connectivity index (χ3v) is 5.28. The van der Waals surface area contributed by atoms with Crippen LogP contribution in [0.3, 0.4) is 0 Å². The van der Waals surface area contributed by atoms with Crippen molar-refractivity contribution in [3.8, 4) is 0 Å². The number of carbonyl (C=O) groups is 1. The molecule has 2 N–H and O–H groups in total. The summed E-state index contributed by atoms with van der Waals surface area (Å²) in [5.41, 5.74) is 8.09. The number of amides is 1. The fourth-order valence-corrected chi connectivity index (χ4v) is 4.05. The number of hydrogen-bond acceptors (Lipinski definition) is 3. The van der Waals surface area contributed by atoms with Gasteiger partial charge >= 0.3 is 0 Å². The Bertz CT molecular complexity index is 537. The first kappa shape index (κ1) is 14.4. The third-order valence-electron chi connectivity index (χ3n) is 5.28. The summed E-state index contributed by atoms with van der Waals surface area (Å²) in [4.78, 5) is 14.8. The molecule has 1 aromatic heterocycles. The third kappa shape index (κ3) is 2.54. The van der Waals surface area contributed by atoms with Gasteiger partial charge in [0.25, 0.3) is 5.91 Å². The molecule has 0 spiro atoms. The number of anilines is 1. The molecule has 0 radical (unpaired) electrons. The molecule has 1 saturated carbocycles. The number of nitrogen functional groups attached to an aromatic ring is 1. The van der Waals surface area contributed by atoms with Gasteiger partial charge in [-0.15, -0.1) is 0 Å². The molecule has 0 bridgehead atoms. The summed E-state index contributed by atoms with van der Waals surface area (Å²) in [7, 11) is 1.82. The summed E-state index contributed by atoms with van der Waals surface area (Å²) in [6.45, 7) is 3.78. The molecule has 0 aromatic carbocycles. The minimum absolute atomic E-state index is 0.0613. The van der Waals surface area contributed by atoms with E-state index in [-0.39, 0.29) is 5.91 Å². The van der Waals surface area contributed by atoms with Crippen LogP contribution in [0.2, 0.25) is 0 Å². The van der Waals surface area contributed by atoms with Crippen LogP contribution in [-0.2, 0) is 13.5 Å². The van der Waals surface area contributed by atoms with Gasteiger partial charge in [-0.3, -0.25) is 9.48 Å². The molecule has 2 unspecified atom stereocenters. The van der Waals surface area contributed by atoms with Gasteiger partial charge in [-0.25, -0.2) is 0 Å². The number of aryl methyl sites for hydroxylation is 2. The SMILES string of the molecule is CCc1nn(C)c(C(=O)N2CCC3CCCCC3C2)c1N. The van der Waals surface area contributed by atoms with Crippen molar-refractivity contribution in [1.82, 2.24) is 14.7 Å². The molecule has 5 heteroatoms. The minimum Gasteiger partial charge on any atom is -0.395 e. The first-order chi connectivity index (χ1) is 10.1. The summed E-state index contributed by atoms with van der Waals surface area (Å²) in [5.74, 6) is 1.58. The van der Waals surface area contributed by atoms with Crippen molar-refractivity contribution in [3.05, 3.63) is 11.4 Å². The molecule has 1 amide bonds. The average molecular weight is 290 g/mol. The number of rotatable bonds is 2. The summed E-state index contributed by atoms with van der Waals surface area (Å²) in [6.07, 6.45) is 7.21. The first-order valence-electron chi connectivity index (χ1n) is 8.22. The Morgan fingerprint density at radius 1 is 1.29 bits per heavy atom. The molecule has 3 rings (SSSR count). The second-order valence-corrected chi connectivity index (χ2v) is 6.53. The lowest BCUT2D eigenvalue weighted by atomic mass is 9.75. The second-order valence-electron chi connectivity index (χ2n) is 6.53. The second kappa shape index (κ2) is 5.70. The number of aromatic nitrogens is 2. The summed E-state index contributed by atoms with van der Waals surface area (Å²) >= 11 is 0. The quantitative estimate of drug-likeness (QED) is 0.908. The van der Waals surface area contributed by atoms with E-state index in [2.05, 4.69) is 5.10 Å². The van der Waals surface area contributed by atoms with E-state index in [9.17, 15) is 4.79 Å². The zero-order chi connectivity index (χ0) is 15.0. The van der Waals surface area contributed by atoms with E-state index in [1.807, 2.05) is 18.9 Å². The summed E-state index contributed by atoms with van der Waals surface area (Å²) in [6, 6.07) is 0. The maximum Gasteiger partial charge on any atom is 0.274 e. The van der Waals surface area contributed by atoms with Gasteiger partial charge in [-0.1, -0.05) is 26.2 Å². The number of likely N-dealkylation sites (tertiary alicyclic amines) is 1. The van der Waals surface area contributed by atoms with E-state index in [1.165, 1.54) is 25.7 Å². The predicted octanol–water partition coefficient (Wildman–Crippen LogP) is 2.22. The molecule has 2 fully saturated rings. The molecular formula is C16H26N4O. The van der Waals surface area contributed by atoms with Crippen LogP contribution in [0, 0.1) is 11.8 Å². The Balaban J connectivity index is 1.78.